The van der Waals surface area contributed by atoms with Crippen LogP contribution in [0.1, 0.15) is 30.1 Å². The smallest absolute Gasteiger partial charge is 0.280 e. The van der Waals surface area contributed by atoms with Crippen molar-refractivity contribution in [2.75, 3.05) is 13.6 Å². The van der Waals surface area contributed by atoms with Crippen molar-refractivity contribution in [3.63, 3.8) is 0 Å². The van der Waals surface area contributed by atoms with E-state index in [2.05, 4.69) is 10.1 Å². The number of nitrogens with zero attached hydrogens (tertiary/aromatic N) is 1. The number of likely N-dealkylation sites (N-methyl/N-ethyl adjacent to an activating group) is 1. The van der Waals surface area contributed by atoms with Crippen LogP contribution in [0.25, 0.3) is 0 Å². The number of piperidine rings is 1. The third kappa shape index (κ3) is 3.27. The van der Waals surface area contributed by atoms with E-state index in [1.807, 2.05) is 7.05 Å². The minimum atomic E-state index is -0.554. The Labute approximate surface area is 126 Å². The van der Waals surface area contributed by atoms with Gasteiger partial charge < -0.3 is 9.42 Å². The van der Waals surface area contributed by atoms with E-state index in [1.165, 1.54) is 18.2 Å². The van der Waals surface area contributed by atoms with Crippen molar-refractivity contribution in [2.24, 2.45) is 0 Å². The number of nitrogens with one attached hydrogen (secondary N) is 1. The molecule has 1 N–H and O–H groups in total. The Morgan fingerprint density at radius 1 is 1.27 bits per heavy atom. The third-order valence-electron chi connectivity index (χ3n) is 4.35. The number of hydrogen-bond acceptors (Lipinski definition) is 3. The van der Waals surface area contributed by atoms with E-state index in [9.17, 15) is 13.6 Å². The molecule has 2 atom stereocenters. The maximum Gasteiger partial charge on any atom is 0.280 e. The Kier molecular flexibility index (Phi) is 4.11. The molecule has 3 rings (SSSR count). The molecule has 1 fully saturated rings. The van der Waals surface area contributed by atoms with Gasteiger partial charge in [-0.05, 0) is 50.6 Å². The molecule has 6 heteroatoms. The second-order valence-corrected chi connectivity index (χ2v) is 5.95. The number of hydrogen-bond donors (Lipinski definition) is 1. The number of H-pyrrole nitrogens is 1. The van der Waals surface area contributed by atoms with Gasteiger partial charge in [0, 0.05) is 24.1 Å². The Hall–Kier alpha value is -1.95. The van der Waals surface area contributed by atoms with Gasteiger partial charge in [0.15, 0.2) is 0 Å². The van der Waals surface area contributed by atoms with Gasteiger partial charge in [-0.15, -0.1) is 0 Å². The molecule has 2 aromatic rings. The quantitative estimate of drug-likeness (QED) is 0.948. The van der Waals surface area contributed by atoms with Crippen LogP contribution in [0, 0.1) is 11.6 Å². The molecule has 0 saturated carbocycles. The van der Waals surface area contributed by atoms with Crippen LogP contribution in [0.4, 0.5) is 8.78 Å². The van der Waals surface area contributed by atoms with Crippen LogP contribution >= 0.6 is 0 Å². The molecule has 0 unspecified atom stereocenters. The zero-order valence-corrected chi connectivity index (χ0v) is 12.3. The Bertz CT molecular complexity index is 690. The summed E-state index contributed by atoms with van der Waals surface area (Å²) < 4.78 is 31.8. The van der Waals surface area contributed by atoms with Crippen molar-refractivity contribution < 1.29 is 13.3 Å². The first kappa shape index (κ1) is 15.0. The standard InChI is InChI=1S/C16H18F2N2O2/c1-20-3-2-11(15-9-16(21)19-22-15)7-14(20)6-10-4-12(17)8-13(18)5-10/h4-5,8-9,11,14H,2-3,6-7H2,1H3,(H,19,21)/t11-,14-/m1/s1. The number of aromatic amines is 1. The van der Waals surface area contributed by atoms with Gasteiger partial charge in [0.2, 0.25) is 0 Å². The Balaban J connectivity index is 1.75. The number of aromatic nitrogens is 1. The lowest BCUT2D eigenvalue weighted by Gasteiger charge is -2.36. The highest BCUT2D eigenvalue weighted by atomic mass is 19.1. The second kappa shape index (κ2) is 6.04. The monoisotopic (exact) mass is 308 g/mol. The number of benzene rings is 1. The van der Waals surface area contributed by atoms with Crippen molar-refractivity contribution >= 4 is 0 Å². The van der Waals surface area contributed by atoms with Gasteiger partial charge in [0.1, 0.15) is 17.4 Å². The summed E-state index contributed by atoms with van der Waals surface area (Å²) in [5, 5.41) is 2.31. The van der Waals surface area contributed by atoms with Gasteiger partial charge in [-0.3, -0.25) is 4.79 Å². The van der Waals surface area contributed by atoms with Gasteiger partial charge >= 0.3 is 0 Å². The van der Waals surface area contributed by atoms with E-state index in [-0.39, 0.29) is 17.5 Å². The molecule has 1 aliphatic heterocycles. The molecular formula is C16H18F2N2O2. The summed E-state index contributed by atoms with van der Waals surface area (Å²) in [6.45, 7) is 0.849. The minimum Gasteiger partial charge on any atom is -0.383 e. The first-order valence-corrected chi connectivity index (χ1v) is 7.35. The first-order valence-electron chi connectivity index (χ1n) is 7.35. The molecule has 1 saturated heterocycles. The fourth-order valence-corrected chi connectivity index (χ4v) is 3.17. The van der Waals surface area contributed by atoms with Crippen LogP contribution in [-0.4, -0.2) is 29.7 Å². The molecule has 22 heavy (non-hydrogen) atoms. The molecule has 0 bridgehead atoms. The van der Waals surface area contributed by atoms with E-state index >= 15 is 0 Å². The molecule has 0 aliphatic carbocycles. The molecular weight excluding hydrogens is 290 g/mol. The van der Waals surface area contributed by atoms with Crippen molar-refractivity contribution in [3.05, 3.63) is 57.6 Å². The average molecular weight is 308 g/mol. The van der Waals surface area contributed by atoms with Crippen molar-refractivity contribution in [3.8, 4) is 0 Å². The molecule has 1 aromatic carbocycles. The zero-order valence-electron chi connectivity index (χ0n) is 12.3. The van der Waals surface area contributed by atoms with E-state index in [0.717, 1.165) is 25.5 Å². The highest BCUT2D eigenvalue weighted by Gasteiger charge is 2.29. The maximum absolute atomic E-state index is 13.3. The average Bonchev–Trinajstić information content (AvgIpc) is 2.87. The molecule has 118 valence electrons. The van der Waals surface area contributed by atoms with Gasteiger partial charge in [-0.1, -0.05) is 0 Å². The normalized spacial score (nSPS) is 22.9. The molecule has 0 amide bonds. The Morgan fingerprint density at radius 3 is 2.64 bits per heavy atom. The molecule has 4 nitrogen and oxygen atoms in total. The summed E-state index contributed by atoms with van der Waals surface area (Å²) in [7, 11) is 2.00. The summed E-state index contributed by atoms with van der Waals surface area (Å²) in [5.74, 6) is -0.296. The molecule has 0 spiro atoms. The summed E-state index contributed by atoms with van der Waals surface area (Å²) in [5.41, 5.74) is 0.406. The predicted octanol–water partition coefficient (Wildman–Crippen LogP) is 2.67. The first-order chi connectivity index (χ1) is 10.5. The highest BCUT2D eigenvalue weighted by molar-refractivity contribution is 5.19. The van der Waals surface area contributed by atoms with Crippen molar-refractivity contribution in [1.82, 2.24) is 10.1 Å². The molecule has 0 radical (unpaired) electrons. The van der Waals surface area contributed by atoms with Crippen LogP contribution < -0.4 is 5.56 Å². The van der Waals surface area contributed by atoms with E-state index in [1.54, 1.807) is 0 Å². The largest absolute Gasteiger partial charge is 0.383 e. The van der Waals surface area contributed by atoms with E-state index in [4.69, 9.17) is 4.52 Å². The van der Waals surface area contributed by atoms with Crippen molar-refractivity contribution in [2.45, 2.75) is 31.2 Å². The summed E-state index contributed by atoms with van der Waals surface area (Å²) in [6.07, 6.45) is 2.25. The van der Waals surface area contributed by atoms with Crippen LogP contribution in [0.3, 0.4) is 0 Å². The van der Waals surface area contributed by atoms with Gasteiger partial charge in [-0.2, -0.15) is 5.16 Å². The summed E-state index contributed by atoms with van der Waals surface area (Å²) in [6, 6.07) is 5.26. The van der Waals surface area contributed by atoms with Gasteiger partial charge in [0.25, 0.3) is 5.56 Å². The SMILES string of the molecule is CN1CC[C@@H](c2cc(=O)[nH]o2)C[C@H]1Cc1cc(F)cc(F)c1. The number of halogens is 2. The topological polar surface area (TPSA) is 49.2 Å². The molecule has 1 aromatic heterocycles. The highest BCUT2D eigenvalue weighted by Crippen LogP contribution is 2.31. The fraction of sp³-hybridized carbons (Fsp3) is 0.438. The van der Waals surface area contributed by atoms with Crippen molar-refractivity contribution in [1.29, 1.82) is 0 Å². The number of rotatable bonds is 3. The number of likely N-dealkylation sites (tertiary alicyclic amines) is 1. The zero-order chi connectivity index (χ0) is 15.7. The lowest BCUT2D eigenvalue weighted by atomic mass is 9.86. The van der Waals surface area contributed by atoms with Crippen LogP contribution in [-0.2, 0) is 6.42 Å². The third-order valence-corrected chi connectivity index (χ3v) is 4.35. The lowest BCUT2D eigenvalue weighted by Crippen LogP contribution is -2.40. The van der Waals surface area contributed by atoms with E-state index in [0.29, 0.717) is 17.7 Å². The fourth-order valence-electron chi connectivity index (χ4n) is 3.17. The minimum absolute atomic E-state index is 0.151. The second-order valence-electron chi connectivity index (χ2n) is 5.95. The van der Waals surface area contributed by atoms with Gasteiger partial charge in [0.05, 0.1) is 0 Å². The van der Waals surface area contributed by atoms with E-state index < -0.39 is 11.6 Å². The lowest BCUT2D eigenvalue weighted by molar-refractivity contribution is 0.155. The van der Waals surface area contributed by atoms with Crippen LogP contribution in [0.2, 0.25) is 0 Å². The van der Waals surface area contributed by atoms with Crippen LogP contribution in [0.5, 0.6) is 0 Å². The summed E-state index contributed by atoms with van der Waals surface area (Å²) >= 11 is 0. The summed E-state index contributed by atoms with van der Waals surface area (Å²) in [4.78, 5) is 13.4. The van der Waals surface area contributed by atoms with Gasteiger partial charge in [-0.25, -0.2) is 8.78 Å². The van der Waals surface area contributed by atoms with Crippen LogP contribution in [0.15, 0.2) is 33.6 Å². The molecule has 2 heterocycles. The Morgan fingerprint density at radius 2 is 2.00 bits per heavy atom. The maximum atomic E-state index is 13.3. The predicted molar refractivity (Wildman–Crippen MR) is 77.8 cm³/mol. The molecule has 1 aliphatic rings.